The summed E-state index contributed by atoms with van der Waals surface area (Å²) in [4.78, 5) is 12.2. The quantitative estimate of drug-likeness (QED) is 0.429. The Labute approximate surface area is 163 Å². The van der Waals surface area contributed by atoms with Crippen LogP contribution in [0.1, 0.15) is 22.2 Å². The molecule has 3 heterocycles. The lowest BCUT2D eigenvalue weighted by Gasteiger charge is -2.34. The van der Waals surface area contributed by atoms with E-state index in [2.05, 4.69) is 25.3 Å². The number of thiazole rings is 1. The van der Waals surface area contributed by atoms with E-state index in [1.807, 2.05) is 38.9 Å². The maximum absolute atomic E-state index is 5.89. The molecule has 0 spiro atoms. The first kappa shape index (κ1) is 19.1. The first-order chi connectivity index (χ1) is 11.2. The smallest absolute Gasteiger partial charge is 0.194 e. The molecule has 0 aromatic carbocycles. The molecule has 2 aromatic rings. The van der Waals surface area contributed by atoms with E-state index in [9.17, 15) is 0 Å². The molecular weight excluding hydrogens is 439 g/mol. The maximum Gasteiger partial charge on any atom is 0.194 e. The van der Waals surface area contributed by atoms with Gasteiger partial charge in [0.05, 0.1) is 37.1 Å². The van der Waals surface area contributed by atoms with Crippen LogP contribution >= 0.6 is 35.3 Å². The van der Waals surface area contributed by atoms with E-state index in [0.717, 1.165) is 36.9 Å². The lowest BCUT2D eigenvalue weighted by atomic mass is 10.1. The van der Waals surface area contributed by atoms with Gasteiger partial charge in [-0.2, -0.15) is 5.10 Å². The number of halogens is 1. The van der Waals surface area contributed by atoms with Crippen molar-refractivity contribution >= 4 is 41.3 Å². The molecule has 1 aliphatic heterocycles. The van der Waals surface area contributed by atoms with Crippen LogP contribution in [0, 0.1) is 6.92 Å². The van der Waals surface area contributed by atoms with Crippen molar-refractivity contribution < 1.29 is 4.74 Å². The summed E-state index contributed by atoms with van der Waals surface area (Å²) in [5.74, 6) is 0.898. The standard InChI is InChI=1S/C15H22N6OS.HI/c1-11-14(23-10-18-11)7-17-15(16-2)21-4-5-22-13(9-21)12-6-19-20(3)8-12;/h6,8,10,13H,4-5,7,9H2,1-3H3,(H,16,17);1H. The van der Waals surface area contributed by atoms with Gasteiger partial charge < -0.3 is 15.0 Å². The predicted octanol–water partition coefficient (Wildman–Crippen LogP) is 1.95. The Morgan fingerprint density at radius 3 is 3.00 bits per heavy atom. The summed E-state index contributed by atoms with van der Waals surface area (Å²) in [6, 6.07) is 0. The lowest BCUT2D eigenvalue weighted by Crippen LogP contribution is -2.47. The molecule has 0 aliphatic carbocycles. The summed E-state index contributed by atoms with van der Waals surface area (Å²) in [6.45, 7) is 5.06. The third-order valence-corrected chi connectivity index (χ3v) is 4.86. The summed E-state index contributed by atoms with van der Waals surface area (Å²) in [7, 11) is 3.73. The summed E-state index contributed by atoms with van der Waals surface area (Å²) in [5, 5.41) is 7.66. The molecule has 1 unspecified atom stereocenters. The number of morpholine rings is 1. The Balaban J connectivity index is 0.00000208. The summed E-state index contributed by atoms with van der Waals surface area (Å²) in [6.07, 6.45) is 3.90. The van der Waals surface area contributed by atoms with Crippen molar-refractivity contribution in [2.75, 3.05) is 26.7 Å². The monoisotopic (exact) mass is 462 g/mol. The largest absolute Gasteiger partial charge is 0.370 e. The van der Waals surface area contributed by atoms with Crippen LogP contribution in [0.3, 0.4) is 0 Å². The van der Waals surface area contributed by atoms with Crippen LogP contribution in [-0.2, 0) is 18.3 Å². The fourth-order valence-electron chi connectivity index (χ4n) is 2.64. The van der Waals surface area contributed by atoms with Crippen molar-refractivity contribution in [1.82, 2.24) is 25.0 Å². The molecule has 1 atom stereocenters. The van der Waals surface area contributed by atoms with Gasteiger partial charge in [0.1, 0.15) is 6.10 Å². The van der Waals surface area contributed by atoms with Crippen LogP contribution in [0.2, 0.25) is 0 Å². The number of aliphatic imine (C=N–C) groups is 1. The molecule has 0 bridgehead atoms. The number of rotatable bonds is 3. The fourth-order valence-corrected chi connectivity index (χ4v) is 3.35. The Morgan fingerprint density at radius 2 is 2.38 bits per heavy atom. The number of hydrogen-bond acceptors (Lipinski definition) is 5. The van der Waals surface area contributed by atoms with E-state index in [1.165, 1.54) is 4.88 Å². The molecule has 3 rings (SSSR count). The first-order valence-electron chi connectivity index (χ1n) is 7.62. The number of aryl methyl sites for hydroxylation is 2. The van der Waals surface area contributed by atoms with Gasteiger partial charge in [0, 0.05) is 37.3 Å². The first-order valence-corrected chi connectivity index (χ1v) is 8.50. The molecule has 7 nitrogen and oxygen atoms in total. The van der Waals surface area contributed by atoms with E-state index in [0.29, 0.717) is 6.61 Å². The summed E-state index contributed by atoms with van der Waals surface area (Å²) < 4.78 is 7.69. The zero-order valence-electron chi connectivity index (χ0n) is 14.1. The zero-order valence-corrected chi connectivity index (χ0v) is 17.2. The molecule has 132 valence electrons. The minimum atomic E-state index is 0. The van der Waals surface area contributed by atoms with Crippen molar-refractivity contribution in [1.29, 1.82) is 0 Å². The van der Waals surface area contributed by atoms with Crippen LogP contribution in [0.25, 0.3) is 0 Å². The van der Waals surface area contributed by atoms with Crippen molar-refractivity contribution in [3.05, 3.63) is 34.0 Å². The van der Waals surface area contributed by atoms with Crippen LogP contribution in [-0.4, -0.2) is 52.4 Å². The molecule has 24 heavy (non-hydrogen) atoms. The van der Waals surface area contributed by atoms with Gasteiger partial charge in [-0.25, -0.2) is 4.98 Å². The minimum Gasteiger partial charge on any atom is -0.370 e. The van der Waals surface area contributed by atoms with Gasteiger partial charge in [-0.05, 0) is 6.92 Å². The molecule has 1 saturated heterocycles. The van der Waals surface area contributed by atoms with E-state index >= 15 is 0 Å². The van der Waals surface area contributed by atoms with Crippen LogP contribution in [0.15, 0.2) is 22.9 Å². The average molecular weight is 462 g/mol. The third kappa shape index (κ3) is 4.45. The van der Waals surface area contributed by atoms with Crippen molar-refractivity contribution in [3.63, 3.8) is 0 Å². The van der Waals surface area contributed by atoms with E-state index in [-0.39, 0.29) is 30.1 Å². The second-order valence-corrected chi connectivity index (χ2v) is 6.45. The normalized spacial score (nSPS) is 18.4. The summed E-state index contributed by atoms with van der Waals surface area (Å²) >= 11 is 1.67. The van der Waals surface area contributed by atoms with Gasteiger partial charge in [-0.1, -0.05) is 0 Å². The minimum absolute atomic E-state index is 0. The molecule has 0 amide bonds. The zero-order chi connectivity index (χ0) is 16.2. The number of ether oxygens (including phenoxy) is 1. The van der Waals surface area contributed by atoms with Gasteiger partial charge in [0.15, 0.2) is 5.96 Å². The molecule has 9 heteroatoms. The maximum atomic E-state index is 5.89. The van der Waals surface area contributed by atoms with Crippen LogP contribution in [0.5, 0.6) is 0 Å². The Hall–Kier alpha value is -1.20. The van der Waals surface area contributed by atoms with Crippen molar-refractivity contribution in [2.24, 2.45) is 12.0 Å². The second kappa shape index (κ2) is 8.77. The molecule has 0 radical (unpaired) electrons. The van der Waals surface area contributed by atoms with E-state index < -0.39 is 0 Å². The fraction of sp³-hybridized carbons (Fsp3) is 0.533. The van der Waals surface area contributed by atoms with Crippen molar-refractivity contribution in [3.8, 4) is 0 Å². The second-order valence-electron chi connectivity index (χ2n) is 5.51. The highest BCUT2D eigenvalue weighted by Crippen LogP contribution is 2.21. The van der Waals surface area contributed by atoms with E-state index in [4.69, 9.17) is 4.74 Å². The highest BCUT2D eigenvalue weighted by molar-refractivity contribution is 14.0. The van der Waals surface area contributed by atoms with E-state index in [1.54, 1.807) is 16.0 Å². The van der Waals surface area contributed by atoms with Gasteiger partial charge in [0.25, 0.3) is 0 Å². The number of aromatic nitrogens is 3. The molecule has 1 N–H and O–H groups in total. The number of nitrogens with zero attached hydrogens (tertiary/aromatic N) is 5. The van der Waals surface area contributed by atoms with Crippen LogP contribution < -0.4 is 5.32 Å². The van der Waals surface area contributed by atoms with Crippen LogP contribution in [0.4, 0.5) is 0 Å². The van der Waals surface area contributed by atoms with Gasteiger partial charge in [0.2, 0.25) is 0 Å². The van der Waals surface area contributed by atoms with Gasteiger partial charge >= 0.3 is 0 Å². The van der Waals surface area contributed by atoms with Gasteiger partial charge in [-0.15, -0.1) is 35.3 Å². The van der Waals surface area contributed by atoms with Gasteiger partial charge in [-0.3, -0.25) is 9.67 Å². The molecule has 1 fully saturated rings. The van der Waals surface area contributed by atoms with Crippen molar-refractivity contribution in [2.45, 2.75) is 19.6 Å². The molecule has 2 aromatic heterocycles. The Bertz CT molecular complexity index is 685. The third-order valence-electron chi connectivity index (χ3n) is 3.93. The molecule has 0 saturated carbocycles. The highest BCUT2D eigenvalue weighted by Gasteiger charge is 2.25. The number of guanidine groups is 1. The highest BCUT2D eigenvalue weighted by atomic mass is 127. The average Bonchev–Trinajstić information content (AvgIpc) is 3.17. The SMILES string of the molecule is CN=C(NCc1scnc1C)N1CCOC(c2cnn(C)c2)C1.I. The lowest BCUT2D eigenvalue weighted by molar-refractivity contribution is -0.00805. The predicted molar refractivity (Wildman–Crippen MR) is 106 cm³/mol. The number of nitrogens with one attached hydrogen (secondary N) is 1. The summed E-state index contributed by atoms with van der Waals surface area (Å²) in [5.41, 5.74) is 4.06. The number of hydrogen-bond donors (Lipinski definition) is 1. The molecular formula is C15H23IN6OS. The Kier molecular flexibility index (Phi) is 6.99. The topological polar surface area (TPSA) is 67.6 Å². The Morgan fingerprint density at radius 1 is 1.54 bits per heavy atom. The molecule has 1 aliphatic rings.